The smallest absolute Gasteiger partial charge is 0.387 e. The highest BCUT2D eigenvalue weighted by Gasteiger charge is 2.42. The molecule has 3 aromatic rings. The third-order valence-corrected chi connectivity index (χ3v) is 11.5. The topological polar surface area (TPSA) is 124 Å². The third-order valence-electron chi connectivity index (χ3n) is 7.70. The first-order chi connectivity index (χ1) is 22.9. The number of rotatable bonds is 15. The number of benzene rings is 2. The zero-order chi connectivity index (χ0) is 34.4. The first-order valence-corrected chi connectivity index (χ1v) is 18.3. The minimum atomic E-state index is -4.11. The quantitative estimate of drug-likeness (QED) is 0.185. The second-order valence-corrected chi connectivity index (χ2v) is 15.2. The molecule has 48 heavy (non-hydrogen) atoms. The first kappa shape index (κ1) is 36.1. The minimum absolute atomic E-state index is 0.00467. The number of alkyl halides is 2. The molecule has 1 saturated heterocycles. The number of thioether (sulfide) groups is 1. The average molecular weight is 745 g/mol. The maximum Gasteiger partial charge on any atom is 0.387 e. The van der Waals surface area contributed by atoms with E-state index < -0.39 is 34.1 Å². The number of aromatic nitrogens is 1. The van der Waals surface area contributed by atoms with E-state index in [2.05, 4.69) is 15.0 Å². The standard InChI is InChI=1S/C32H33Cl2F2N3O7S2/c1-19(40)38-11-10-20-4-7-23(8-5-20)48(42,43)39-12-13-47-30(39)31(41)45-28(15-24-25(33)16-37-17-26(24)34)22-6-9-27(46-32(35)36)29(14-22)44-18-21-2-3-21/h4-9,14,16-17,21,28,30,32H,2-3,10-13,15,18H2,1H3,(H,38,40)/t28-,30-/m0/s1. The van der Waals surface area contributed by atoms with Gasteiger partial charge in [0.25, 0.3) is 0 Å². The summed E-state index contributed by atoms with van der Waals surface area (Å²) in [5.41, 5.74) is 1.62. The van der Waals surface area contributed by atoms with Crippen LogP contribution in [0.3, 0.4) is 0 Å². The molecule has 0 unspecified atom stereocenters. The van der Waals surface area contributed by atoms with E-state index in [0.717, 1.165) is 34.5 Å². The maximum atomic E-state index is 13.8. The van der Waals surface area contributed by atoms with Gasteiger partial charge in [-0.1, -0.05) is 41.4 Å². The summed E-state index contributed by atoms with van der Waals surface area (Å²) in [5.74, 6) is -0.458. The zero-order valence-corrected chi connectivity index (χ0v) is 28.9. The number of carbonyl (C=O) groups is 2. The lowest BCUT2D eigenvalue weighted by Gasteiger charge is -2.26. The van der Waals surface area contributed by atoms with Gasteiger partial charge in [-0.05, 0) is 66.1 Å². The fourth-order valence-corrected chi connectivity index (χ4v) is 8.57. The van der Waals surface area contributed by atoms with Gasteiger partial charge in [-0.3, -0.25) is 9.78 Å². The van der Waals surface area contributed by atoms with Gasteiger partial charge in [-0.15, -0.1) is 11.8 Å². The van der Waals surface area contributed by atoms with Crippen molar-refractivity contribution in [1.82, 2.24) is 14.6 Å². The van der Waals surface area contributed by atoms with Crippen molar-refractivity contribution in [3.05, 3.63) is 81.6 Å². The van der Waals surface area contributed by atoms with E-state index in [1.807, 2.05) is 0 Å². The number of nitrogens with one attached hydrogen (secondary N) is 1. The molecule has 1 aliphatic heterocycles. The number of esters is 1. The van der Waals surface area contributed by atoms with Crippen molar-refractivity contribution in [3.8, 4) is 11.5 Å². The van der Waals surface area contributed by atoms with Gasteiger partial charge in [-0.25, -0.2) is 13.2 Å². The van der Waals surface area contributed by atoms with Crippen LogP contribution in [0.15, 0.2) is 59.8 Å². The summed E-state index contributed by atoms with van der Waals surface area (Å²) in [5, 5.41) is 1.92. The molecular formula is C32H33Cl2F2N3O7S2. The van der Waals surface area contributed by atoms with E-state index >= 15 is 0 Å². The molecule has 1 amide bonds. The molecule has 2 fully saturated rings. The molecule has 258 valence electrons. The van der Waals surface area contributed by atoms with Crippen molar-refractivity contribution in [3.63, 3.8) is 0 Å². The zero-order valence-electron chi connectivity index (χ0n) is 25.7. The van der Waals surface area contributed by atoms with Crippen molar-refractivity contribution < 1.29 is 41.0 Å². The van der Waals surface area contributed by atoms with Crippen molar-refractivity contribution in [1.29, 1.82) is 0 Å². The Morgan fingerprint density at radius 2 is 1.79 bits per heavy atom. The average Bonchev–Trinajstić information content (AvgIpc) is 3.73. The van der Waals surface area contributed by atoms with E-state index in [1.165, 1.54) is 49.6 Å². The number of sulfonamides is 1. The second-order valence-electron chi connectivity index (χ2n) is 11.3. The van der Waals surface area contributed by atoms with Crippen LogP contribution in [-0.4, -0.2) is 67.0 Å². The maximum absolute atomic E-state index is 13.8. The van der Waals surface area contributed by atoms with Crippen LogP contribution in [0, 0.1) is 5.92 Å². The summed E-state index contributed by atoms with van der Waals surface area (Å²) >= 11 is 13.9. The number of ether oxygens (including phenoxy) is 3. The number of hydrogen-bond donors (Lipinski definition) is 1. The van der Waals surface area contributed by atoms with Gasteiger partial charge < -0.3 is 19.5 Å². The molecule has 1 aliphatic carbocycles. The molecule has 2 aliphatic rings. The highest BCUT2D eigenvalue weighted by Crippen LogP contribution is 2.39. The van der Waals surface area contributed by atoms with Crippen LogP contribution in [0.4, 0.5) is 8.78 Å². The van der Waals surface area contributed by atoms with Gasteiger partial charge in [0.15, 0.2) is 16.9 Å². The first-order valence-electron chi connectivity index (χ1n) is 15.1. The van der Waals surface area contributed by atoms with E-state index in [-0.39, 0.29) is 45.3 Å². The third kappa shape index (κ3) is 9.29. The lowest BCUT2D eigenvalue weighted by molar-refractivity contribution is -0.150. The Kier molecular flexibility index (Phi) is 12.1. The minimum Gasteiger partial charge on any atom is -0.489 e. The van der Waals surface area contributed by atoms with Crippen molar-refractivity contribution in [2.24, 2.45) is 5.92 Å². The Morgan fingerprint density at radius 1 is 1.08 bits per heavy atom. The lowest BCUT2D eigenvalue weighted by atomic mass is 10.0. The van der Waals surface area contributed by atoms with Crippen LogP contribution in [0.2, 0.25) is 10.0 Å². The van der Waals surface area contributed by atoms with Crippen LogP contribution in [0.25, 0.3) is 0 Å². The number of halogens is 4. The summed E-state index contributed by atoms with van der Waals surface area (Å²) < 4.78 is 71.4. The molecule has 1 N–H and O–H groups in total. The Bertz CT molecular complexity index is 1710. The summed E-state index contributed by atoms with van der Waals surface area (Å²) in [6.45, 7) is -0.889. The van der Waals surface area contributed by atoms with Gasteiger partial charge in [0.05, 0.1) is 21.5 Å². The molecule has 0 radical (unpaired) electrons. The number of hydrogen-bond acceptors (Lipinski definition) is 9. The Morgan fingerprint density at radius 3 is 2.44 bits per heavy atom. The van der Waals surface area contributed by atoms with Crippen molar-refractivity contribution in [2.75, 3.05) is 25.4 Å². The molecule has 5 rings (SSSR count). The summed E-state index contributed by atoms with van der Waals surface area (Å²) in [4.78, 5) is 28.9. The van der Waals surface area contributed by atoms with Gasteiger partial charge in [0.1, 0.15) is 6.10 Å². The molecule has 1 aromatic heterocycles. The lowest BCUT2D eigenvalue weighted by Crippen LogP contribution is -2.40. The van der Waals surface area contributed by atoms with Crippen LogP contribution >= 0.6 is 35.0 Å². The fourth-order valence-electron chi connectivity index (χ4n) is 5.00. The van der Waals surface area contributed by atoms with Gasteiger partial charge in [0.2, 0.25) is 15.9 Å². The van der Waals surface area contributed by atoms with Gasteiger partial charge in [0, 0.05) is 44.6 Å². The number of nitrogens with zero attached hydrogens (tertiary/aromatic N) is 2. The van der Waals surface area contributed by atoms with Crippen LogP contribution < -0.4 is 14.8 Å². The van der Waals surface area contributed by atoms with E-state index in [9.17, 15) is 26.8 Å². The molecule has 2 aromatic carbocycles. The van der Waals surface area contributed by atoms with Crippen molar-refractivity contribution >= 4 is 56.9 Å². The van der Waals surface area contributed by atoms with E-state index in [0.29, 0.717) is 42.4 Å². The molecule has 10 nitrogen and oxygen atoms in total. The number of carbonyl (C=O) groups excluding carboxylic acids is 2. The van der Waals surface area contributed by atoms with Gasteiger partial charge in [-0.2, -0.15) is 13.1 Å². The Balaban J connectivity index is 1.40. The van der Waals surface area contributed by atoms with E-state index in [1.54, 1.807) is 12.1 Å². The predicted molar refractivity (Wildman–Crippen MR) is 177 cm³/mol. The fraction of sp³-hybridized carbons (Fsp3) is 0.406. The monoisotopic (exact) mass is 743 g/mol. The molecule has 1 saturated carbocycles. The highest BCUT2D eigenvalue weighted by atomic mass is 35.5. The van der Waals surface area contributed by atoms with E-state index in [4.69, 9.17) is 32.7 Å². The van der Waals surface area contributed by atoms with Crippen LogP contribution in [-0.2, 0) is 37.2 Å². The largest absolute Gasteiger partial charge is 0.489 e. The molecular weight excluding hydrogens is 711 g/mol. The van der Waals surface area contributed by atoms with Crippen LogP contribution in [0.5, 0.6) is 11.5 Å². The van der Waals surface area contributed by atoms with Crippen molar-refractivity contribution in [2.45, 2.75) is 55.6 Å². The normalized spacial score (nSPS) is 17.2. The molecule has 0 bridgehead atoms. The predicted octanol–water partition coefficient (Wildman–Crippen LogP) is 6.05. The molecule has 16 heteroatoms. The number of amides is 1. The summed E-state index contributed by atoms with van der Waals surface area (Å²) in [7, 11) is -4.11. The Hall–Kier alpha value is -3.17. The SMILES string of the molecule is CC(=O)NCCc1ccc(S(=O)(=O)N2CCS[C@H]2C(=O)O[C@@H](Cc2c(Cl)cncc2Cl)c2ccc(OC(F)F)c(OCC3CC3)c2)cc1. The number of pyridine rings is 1. The molecule has 2 atom stereocenters. The Labute approximate surface area is 291 Å². The summed E-state index contributed by atoms with van der Waals surface area (Å²) in [6.07, 6.45) is 4.11. The molecule has 0 spiro atoms. The van der Waals surface area contributed by atoms with Crippen LogP contribution in [0.1, 0.15) is 42.6 Å². The molecule has 2 heterocycles. The van der Waals surface area contributed by atoms with Gasteiger partial charge >= 0.3 is 12.6 Å². The highest BCUT2D eigenvalue weighted by molar-refractivity contribution is 8.02. The second kappa shape index (κ2) is 16.0. The summed E-state index contributed by atoms with van der Waals surface area (Å²) in [6, 6.07) is 10.5.